The number of fused-ring (bicyclic) bond motifs is 1. The van der Waals surface area contributed by atoms with Crippen LogP contribution in [0.2, 0.25) is 0 Å². The monoisotopic (exact) mass is 438 g/mol. The number of H-pyrrole nitrogens is 2. The molecule has 0 spiro atoms. The van der Waals surface area contributed by atoms with Gasteiger partial charge in [0.2, 0.25) is 0 Å². The van der Waals surface area contributed by atoms with E-state index in [1.807, 2.05) is 24.3 Å². The summed E-state index contributed by atoms with van der Waals surface area (Å²) < 4.78 is 2.51. The molecule has 0 saturated carbocycles. The molecule has 0 saturated heterocycles. The van der Waals surface area contributed by atoms with Gasteiger partial charge in [0, 0.05) is 4.47 Å². The third-order valence-corrected chi connectivity index (χ3v) is 5.57. The van der Waals surface area contributed by atoms with Crippen molar-refractivity contribution >= 4 is 44.8 Å². The number of aromatic amines is 2. The van der Waals surface area contributed by atoms with E-state index < -0.39 is 22.5 Å². The van der Waals surface area contributed by atoms with E-state index in [0.29, 0.717) is 18.1 Å². The van der Waals surface area contributed by atoms with Gasteiger partial charge in [0.1, 0.15) is 5.25 Å². The minimum Gasteiger partial charge on any atom is -0.480 e. The summed E-state index contributed by atoms with van der Waals surface area (Å²) in [6.45, 7) is 2.07. The highest BCUT2D eigenvalue weighted by Crippen LogP contribution is 2.28. The molecule has 26 heavy (non-hydrogen) atoms. The van der Waals surface area contributed by atoms with Gasteiger partial charge in [-0.25, -0.2) is 9.78 Å². The summed E-state index contributed by atoms with van der Waals surface area (Å²) in [5.74, 6) is -0.957. The molecule has 3 N–H and O–H groups in total. The zero-order valence-electron chi connectivity index (χ0n) is 13.7. The van der Waals surface area contributed by atoms with Gasteiger partial charge >= 0.3 is 11.7 Å². The number of rotatable bonds is 6. The number of aliphatic carboxylic acids is 1. The Balaban J connectivity index is 2.16. The van der Waals surface area contributed by atoms with E-state index in [1.54, 1.807) is 11.5 Å². The lowest BCUT2D eigenvalue weighted by Crippen LogP contribution is -2.23. The van der Waals surface area contributed by atoms with E-state index in [-0.39, 0.29) is 11.2 Å². The van der Waals surface area contributed by atoms with Crippen LogP contribution in [0.5, 0.6) is 0 Å². The molecule has 0 bridgehead atoms. The van der Waals surface area contributed by atoms with Crippen LogP contribution in [-0.4, -0.2) is 35.8 Å². The molecule has 136 valence electrons. The minimum atomic E-state index is -0.957. The Morgan fingerprint density at radius 1 is 1.38 bits per heavy atom. The van der Waals surface area contributed by atoms with Crippen LogP contribution in [0, 0.1) is 0 Å². The Morgan fingerprint density at radius 3 is 2.81 bits per heavy atom. The Hall–Kier alpha value is -2.33. The Kier molecular flexibility index (Phi) is 5.33. The zero-order valence-corrected chi connectivity index (χ0v) is 16.1. The van der Waals surface area contributed by atoms with Gasteiger partial charge in [-0.2, -0.15) is 0 Å². The molecular weight excluding hydrogens is 424 g/mol. The molecule has 2 heterocycles. The molecule has 0 radical (unpaired) electrons. The number of nitrogens with zero attached hydrogens (tertiary/aromatic N) is 2. The van der Waals surface area contributed by atoms with Gasteiger partial charge in [-0.3, -0.25) is 19.6 Å². The molecule has 0 aliphatic rings. The smallest absolute Gasteiger partial charge is 0.327 e. The van der Waals surface area contributed by atoms with Gasteiger partial charge < -0.3 is 9.67 Å². The van der Waals surface area contributed by atoms with Crippen molar-refractivity contribution in [2.45, 2.75) is 30.3 Å². The highest BCUT2D eigenvalue weighted by molar-refractivity contribution is 9.10. The number of halogens is 1. The van der Waals surface area contributed by atoms with Crippen molar-refractivity contribution < 1.29 is 9.90 Å². The minimum absolute atomic E-state index is 0.136. The highest BCUT2D eigenvalue weighted by atomic mass is 79.9. The fourth-order valence-electron chi connectivity index (χ4n) is 2.54. The van der Waals surface area contributed by atoms with Crippen LogP contribution in [0.1, 0.15) is 18.9 Å². The molecule has 0 aliphatic heterocycles. The number of carboxylic acids is 1. The predicted molar refractivity (Wildman–Crippen MR) is 102 cm³/mol. The highest BCUT2D eigenvalue weighted by Gasteiger charge is 2.23. The molecule has 1 atom stereocenters. The number of hydrogen-bond acceptors (Lipinski definition) is 5. The van der Waals surface area contributed by atoms with Crippen molar-refractivity contribution in [1.82, 2.24) is 19.5 Å². The summed E-state index contributed by atoms with van der Waals surface area (Å²) >= 11 is 4.46. The van der Waals surface area contributed by atoms with Crippen LogP contribution in [0.4, 0.5) is 0 Å². The maximum atomic E-state index is 12.3. The molecular formula is C16H15BrN4O4S. The van der Waals surface area contributed by atoms with Gasteiger partial charge in [0.15, 0.2) is 16.3 Å². The third-order valence-electron chi connectivity index (χ3n) is 3.73. The molecule has 3 aromatic rings. The maximum absolute atomic E-state index is 12.3. The summed E-state index contributed by atoms with van der Waals surface area (Å²) in [7, 11) is 0. The van der Waals surface area contributed by atoms with Gasteiger partial charge in [-0.05, 0) is 24.1 Å². The first-order chi connectivity index (χ1) is 12.4. The molecule has 10 heteroatoms. The summed E-state index contributed by atoms with van der Waals surface area (Å²) in [6.07, 6.45) is 0.396. The van der Waals surface area contributed by atoms with E-state index in [0.717, 1.165) is 21.8 Å². The second kappa shape index (κ2) is 7.50. The molecule has 3 rings (SSSR count). The van der Waals surface area contributed by atoms with Crippen LogP contribution in [0.25, 0.3) is 11.2 Å². The number of carboxylic acid groups (broad SMARTS) is 1. The van der Waals surface area contributed by atoms with Crippen LogP contribution >= 0.6 is 27.7 Å². The van der Waals surface area contributed by atoms with Crippen molar-refractivity contribution in [3.63, 3.8) is 0 Å². The average Bonchev–Trinajstić information content (AvgIpc) is 2.89. The number of aromatic nitrogens is 4. The Morgan fingerprint density at radius 2 is 2.15 bits per heavy atom. The molecule has 1 aromatic carbocycles. The topological polar surface area (TPSA) is 121 Å². The second-order valence-electron chi connectivity index (χ2n) is 5.57. The second-order valence-corrected chi connectivity index (χ2v) is 7.65. The van der Waals surface area contributed by atoms with E-state index in [4.69, 9.17) is 0 Å². The molecule has 2 aromatic heterocycles. The van der Waals surface area contributed by atoms with Crippen molar-refractivity contribution in [3.05, 3.63) is 55.1 Å². The number of imidazole rings is 1. The van der Waals surface area contributed by atoms with E-state index in [9.17, 15) is 19.5 Å². The first-order valence-electron chi connectivity index (χ1n) is 7.75. The Bertz CT molecular complexity index is 1090. The summed E-state index contributed by atoms with van der Waals surface area (Å²) in [4.78, 5) is 44.2. The lowest BCUT2D eigenvalue weighted by atomic mass is 10.2. The van der Waals surface area contributed by atoms with Crippen molar-refractivity contribution in [2.75, 3.05) is 0 Å². The van der Waals surface area contributed by atoms with Gasteiger partial charge in [-0.1, -0.05) is 46.7 Å². The van der Waals surface area contributed by atoms with Crippen LogP contribution in [-0.2, 0) is 11.3 Å². The molecule has 0 fully saturated rings. The molecule has 0 aliphatic carbocycles. The Labute approximate surface area is 159 Å². The normalized spacial score (nSPS) is 12.4. The SMILES string of the molecule is CCC(Sc1nc2[nH]c(=O)[nH]c(=O)c2n1Cc1cccc(Br)c1)C(=O)O. The van der Waals surface area contributed by atoms with Crippen molar-refractivity contribution in [1.29, 1.82) is 0 Å². The lowest BCUT2D eigenvalue weighted by molar-refractivity contribution is -0.136. The first-order valence-corrected chi connectivity index (χ1v) is 9.43. The van der Waals surface area contributed by atoms with Gasteiger partial charge in [0.05, 0.1) is 6.54 Å². The van der Waals surface area contributed by atoms with Crippen LogP contribution < -0.4 is 11.2 Å². The van der Waals surface area contributed by atoms with E-state index in [1.165, 1.54) is 0 Å². The standard InChI is InChI=1S/C16H15BrN4O4S/c1-2-10(14(23)24)26-16-19-12-11(13(22)20-15(25)18-12)21(16)7-8-4-3-5-9(17)6-8/h3-6,10H,2,7H2,1H3,(H,23,24)(H2,18,20,22,25). The molecule has 8 nitrogen and oxygen atoms in total. The number of benzene rings is 1. The first kappa shape index (κ1) is 18.5. The van der Waals surface area contributed by atoms with Gasteiger partial charge in [-0.15, -0.1) is 0 Å². The zero-order chi connectivity index (χ0) is 18.8. The van der Waals surface area contributed by atoms with Crippen molar-refractivity contribution in [3.8, 4) is 0 Å². The number of hydrogen-bond donors (Lipinski definition) is 3. The summed E-state index contributed by atoms with van der Waals surface area (Å²) in [6, 6.07) is 7.53. The molecule has 1 unspecified atom stereocenters. The van der Waals surface area contributed by atoms with Crippen LogP contribution in [0.3, 0.4) is 0 Å². The van der Waals surface area contributed by atoms with Gasteiger partial charge in [0.25, 0.3) is 5.56 Å². The largest absolute Gasteiger partial charge is 0.480 e. The fourth-order valence-corrected chi connectivity index (χ4v) is 3.94. The number of carbonyl (C=O) groups is 1. The third kappa shape index (κ3) is 3.75. The molecule has 0 amide bonds. The number of nitrogens with one attached hydrogen (secondary N) is 2. The van der Waals surface area contributed by atoms with Crippen molar-refractivity contribution in [2.24, 2.45) is 0 Å². The maximum Gasteiger partial charge on any atom is 0.327 e. The van der Waals surface area contributed by atoms with Crippen LogP contribution in [0.15, 0.2) is 43.5 Å². The summed E-state index contributed by atoms with van der Waals surface area (Å²) in [5, 5.41) is 8.99. The number of thioether (sulfide) groups is 1. The predicted octanol–water partition coefficient (Wildman–Crippen LogP) is 2.18. The van der Waals surface area contributed by atoms with E-state index in [2.05, 4.69) is 30.9 Å². The fraction of sp³-hybridized carbons (Fsp3) is 0.250. The average molecular weight is 439 g/mol. The van der Waals surface area contributed by atoms with E-state index >= 15 is 0 Å². The quantitative estimate of drug-likeness (QED) is 0.507. The lowest BCUT2D eigenvalue weighted by Gasteiger charge is -2.12. The summed E-state index contributed by atoms with van der Waals surface area (Å²) in [5.41, 5.74) is 0.0104.